The molecule has 20 heavy (non-hydrogen) atoms. The maximum absolute atomic E-state index is 12.1. The molecule has 2 N–H and O–H groups in total. The predicted molar refractivity (Wildman–Crippen MR) is 78.0 cm³/mol. The van der Waals surface area contributed by atoms with Gasteiger partial charge in [-0.25, -0.2) is 0 Å². The average Bonchev–Trinajstić information content (AvgIpc) is 2.87. The summed E-state index contributed by atoms with van der Waals surface area (Å²) in [6.45, 7) is 4.04. The molecule has 1 amide bonds. The topological polar surface area (TPSA) is 59.6 Å². The summed E-state index contributed by atoms with van der Waals surface area (Å²) in [7, 11) is 1.64. The van der Waals surface area contributed by atoms with E-state index in [4.69, 9.17) is 9.47 Å². The summed E-state index contributed by atoms with van der Waals surface area (Å²) in [5.41, 5.74) is 0.799. The monoisotopic (exact) mass is 278 g/mol. The van der Waals surface area contributed by atoms with E-state index in [1.54, 1.807) is 7.11 Å². The van der Waals surface area contributed by atoms with E-state index >= 15 is 0 Å². The molecule has 0 aromatic heterocycles. The Morgan fingerprint density at radius 2 is 2.10 bits per heavy atom. The molecule has 2 atom stereocenters. The zero-order chi connectivity index (χ0) is 14.4. The third kappa shape index (κ3) is 3.95. The number of ether oxygens (including phenoxy) is 2. The lowest BCUT2D eigenvalue weighted by atomic mass is 10.0. The molecule has 1 fully saturated rings. The highest BCUT2D eigenvalue weighted by atomic mass is 16.5. The highest BCUT2D eigenvalue weighted by molar-refractivity contribution is 5.93. The molecule has 5 heteroatoms. The van der Waals surface area contributed by atoms with Gasteiger partial charge in [0, 0.05) is 18.8 Å². The van der Waals surface area contributed by atoms with Crippen molar-refractivity contribution in [3.63, 3.8) is 0 Å². The van der Waals surface area contributed by atoms with E-state index in [9.17, 15) is 4.79 Å². The summed E-state index contributed by atoms with van der Waals surface area (Å²) < 4.78 is 10.4. The van der Waals surface area contributed by atoms with Gasteiger partial charge in [0.1, 0.15) is 12.4 Å². The number of anilines is 1. The molecule has 1 aromatic carbocycles. The Balaban J connectivity index is 1.85. The predicted octanol–water partition coefficient (Wildman–Crippen LogP) is 1.65. The van der Waals surface area contributed by atoms with Crippen LogP contribution in [0.1, 0.15) is 13.3 Å². The van der Waals surface area contributed by atoms with Crippen molar-refractivity contribution in [2.24, 2.45) is 5.92 Å². The maximum Gasteiger partial charge on any atom is 0.229 e. The number of nitrogens with one attached hydrogen (secondary N) is 2. The van der Waals surface area contributed by atoms with E-state index in [0.717, 1.165) is 24.4 Å². The van der Waals surface area contributed by atoms with E-state index in [1.807, 2.05) is 31.2 Å². The number of carbonyl (C=O) groups is 1. The van der Waals surface area contributed by atoms with E-state index in [0.29, 0.717) is 13.2 Å². The summed E-state index contributed by atoms with van der Waals surface area (Å²) in [5, 5.41) is 6.23. The van der Waals surface area contributed by atoms with Gasteiger partial charge in [-0.3, -0.25) is 4.79 Å². The fourth-order valence-electron chi connectivity index (χ4n) is 2.33. The Labute approximate surface area is 119 Å². The molecule has 1 aromatic rings. The second-order valence-electron chi connectivity index (χ2n) is 4.99. The minimum absolute atomic E-state index is 0.0487. The van der Waals surface area contributed by atoms with E-state index in [-0.39, 0.29) is 17.9 Å². The van der Waals surface area contributed by atoms with Gasteiger partial charge in [0.05, 0.1) is 12.5 Å². The number of hydrogen-bond donors (Lipinski definition) is 2. The maximum atomic E-state index is 12.1. The van der Waals surface area contributed by atoms with Crippen LogP contribution in [-0.2, 0) is 9.53 Å². The molecular weight excluding hydrogens is 256 g/mol. The Bertz CT molecular complexity index is 433. The molecule has 1 aliphatic rings. The van der Waals surface area contributed by atoms with Crippen molar-refractivity contribution in [3.8, 4) is 5.75 Å². The fourth-order valence-corrected chi connectivity index (χ4v) is 2.33. The molecule has 0 radical (unpaired) electrons. The molecule has 2 rings (SSSR count). The zero-order valence-electron chi connectivity index (χ0n) is 12.0. The third-order valence-electron chi connectivity index (χ3n) is 3.54. The minimum atomic E-state index is 0.0487. The largest absolute Gasteiger partial charge is 0.491 e. The average molecular weight is 278 g/mol. The first kappa shape index (κ1) is 14.8. The van der Waals surface area contributed by atoms with Crippen molar-refractivity contribution in [1.29, 1.82) is 0 Å². The molecule has 0 bridgehead atoms. The van der Waals surface area contributed by atoms with Crippen LogP contribution in [0.25, 0.3) is 0 Å². The Morgan fingerprint density at radius 3 is 2.70 bits per heavy atom. The van der Waals surface area contributed by atoms with Crippen LogP contribution in [0.3, 0.4) is 0 Å². The van der Waals surface area contributed by atoms with Crippen molar-refractivity contribution in [1.82, 2.24) is 5.32 Å². The van der Waals surface area contributed by atoms with Crippen molar-refractivity contribution in [2.45, 2.75) is 19.4 Å². The third-order valence-corrected chi connectivity index (χ3v) is 3.54. The molecule has 2 unspecified atom stereocenters. The van der Waals surface area contributed by atoms with Crippen molar-refractivity contribution in [3.05, 3.63) is 24.3 Å². The first-order chi connectivity index (χ1) is 9.70. The van der Waals surface area contributed by atoms with Gasteiger partial charge in [0.2, 0.25) is 5.91 Å². The molecule has 110 valence electrons. The van der Waals surface area contributed by atoms with Gasteiger partial charge in [-0.1, -0.05) is 0 Å². The first-order valence-electron chi connectivity index (χ1n) is 6.97. The molecule has 1 aliphatic heterocycles. The van der Waals surface area contributed by atoms with Crippen LogP contribution in [0.2, 0.25) is 0 Å². The number of carbonyl (C=O) groups excluding carboxylic acids is 1. The lowest BCUT2D eigenvalue weighted by Crippen LogP contribution is -2.32. The lowest BCUT2D eigenvalue weighted by molar-refractivity contribution is -0.120. The highest BCUT2D eigenvalue weighted by Crippen LogP contribution is 2.20. The van der Waals surface area contributed by atoms with Crippen LogP contribution in [0.15, 0.2) is 24.3 Å². The SMILES string of the molecule is COCCOc1ccc(NC(=O)C2CCNC2C)cc1. The summed E-state index contributed by atoms with van der Waals surface area (Å²) >= 11 is 0. The van der Waals surface area contributed by atoms with Gasteiger partial charge in [-0.2, -0.15) is 0 Å². The number of methoxy groups -OCH3 is 1. The van der Waals surface area contributed by atoms with Crippen LogP contribution in [0, 0.1) is 5.92 Å². The Kier molecular flexibility index (Phi) is 5.38. The second-order valence-corrected chi connectivity index (χ2v) is 4.99. The highest BCUT2D eigenvalue weighted by Gasteiger charge is 2.29. The molecule has 0 aliphatic carbocycles. The number of hydrogen-bond acceptors (Lipinski definition) is 4. The van der Waals surface area contributed by atoms with Crippen molar-refractivity contribution >= 4 is 11.6 Å². The standard InChI is InChI=1S/C15H22N2O3/c1-11-14(7-8-16-11)15(18)17-12-3-5-13(6-4-12)20-10-9-19-2/h3-6,11,14,16H,7-10H2,1-2H3,(H,17,18). The zero-order valence-corrected chi connectivity index (χ0v) is 12.0. The van der Waals surface area contributed by atoms with E-state index in [2.05, 4.69) is 10.6 Å². The summed E-state index contributed by atoms with van der Waals surface area (Å²) in [6.07, 6.45) is 0.894. The normalized spacial score (nSPS) is 21.7. The number of benzene rings is 1. The molecule has 0 saturated carbocycles. The smallest absolute Gasteiger partial charge is 0.229 e. The van der Waals surface area contributed by atoms with Crippen LogP contribution >= 0.6 is 0 Å². The van der Waals surface area contributed by atoms with Crippen molar-refractivity contribution < 1.29 is 14.3 Å². The van der Waals surface area contributed by atoms with Gasteiger partial charge in [0.25, 0.3) is 0 Å². The minimum Gasteiger partial charge on any atom is -0.491 e. The molecule has 1 saturated heterocycles. The lowest BCUT2D eigenvalue weighted by Gasteiger charge is -2.15. The van der Waals surface area contributed by atoms with Gasteiger partial charge in [-0.05, 0) is 44.2 Å². The fraction of sp³-hybridized carbons (Fsp3) is 0.533. The van der Waals surface area contributed by atoms with Gasteiger partial charge in [-0.15, -0.1) is 0 Å². The summed E-state index contributed by atoms with van der Waals surface area (Å²) in [5.74, 6) is 0.902. The van der Waals surface area contributed by atoms with Crippen LogP contribution in [0.4, 0.5) is 5.69 Å². The van der Waals surface area contributed by atoms with Gasteiger partial charge >= 0.3 is 0 Å². The van der Waals surface area contributed by atoms with Crippen LogP contribution in [-0.4, -0.2) is 38.8 Å². The molecular formula is C15H22N2O3. The van der Waals surface area contributed by atoms with Crippen LogP contribution < -0.4 is 15.4 Å². The number of rotatable bonds is 6. The summed E-state index contributed by atoms with van der Waals surface area (Å²) in [4.78, 5) is 12.1. The van der Waals surface area contributed by atoms with Crippen LogP contribution in [0.5, 0.6) is 5.75 Å². The van der Waals surface area contributed by atoms with E-state index in [1.165, 1.54) is 0 Å². The molecule has 0 spiro atoms. The van der Waals surface area contributed by atoms with Gasteiger partial charge < -0.3 is 20.1 Å². The number of amides is 1. The second kappa shape index (κ2) is 7.26. The summed E-state index contributed by atoms with van der Waals surface area (Å²) in [6, 6.07) is 7.65. The van der Waals surface area contributed by atoms with Crippen molar-refractivity contribution in [2.75, 3.05) is 32.2 Å². The quantitative estimate of drug-likeness (QED) is 0.777. The molecule has 1 heterocycles. The van der Waals surface area contributed by atoms with E-state index < -0.39 is 0 Å². The van der Waals surface area contributed by atoms with Gasteiger partial charge in [0.15, 0.2) is 0 Å². The first-order valence-corrected chi connectivity index (χ1v) is 6.97. The Hall–Kier alpha value is -1.59. The Morgan fingerprint density at radius 1 is 1.35 bits per heavy atom. The molecule has 5 nitrogen and oxygen atoms in total.